The van der Waals surface area contributed by atoms with E-state index in [1.54, 1.807) is 20.9 Å². The van der Waals surface area contributed by atoms with E-state index in [-0.39, 0.29) is 5.75 Å². The molecular formula is C17H34N4O2S. The maximum absolute atomic E-state index is 12.1. The van der Waals surface area contributed by atoms with Gasteiger partial charge in [0, 0.05) is 26.7 Å². The van der Waals surface area contributed by atoms with Crippen LogP contribution < -0.4 is 5.32 Å². The second-order valence-electron chi connectivity index (χ2n) is 7.58. The molecule has 7 heteroatoms. The highest BCUT2D eigenvalue weighted by Gasteiger charge is 2.40. The molecule has 0 atom stereocenters. The van der Waals surface area contributed by atoms with E-state index in [4.69, 9.17) is 0 Å². The van der Waals surface area contributed by atoms with Crippen molar-refractivity contribution in [3.05, 3.63) is 0 Å². The Morgan fingerprint density at radius 3 is 2.38 bits per heavy atom. The first-order valence-electron chi connectivity index (χ1n) is 9.26. The van der Waals surface area contributed by atoms with Crippen molar-refractivity contribution in [2.45, 2.75) is 50.7 Å². The zero-order valence-corrected chi connectivity index (χ0v) is 16.4. The van der Waals surface area contributed by atoms with Gasteiger partial charge in [0.1, 0.15) is 0 Å². The number of hydrogen-bond acceptors (Lipinski definition) is 4. The number of aliphatic imine (C=N–C) groups is 1. The van der Waals surface area contributed by atoms with Crippen LogP contribution in [0, 0.1) is 0 Å². The van der Waals surface area contributed by atoms with Gasteiger partial charge in [0.2, 0.25) is 0 Å². The predicted molar refractivity (Wildman–Crippen MR) is 100 cm³/mol. The molecule has 0 bridgehead atoms. The summed E-state index contributed by atoms with van der Waals surface area (Å²) in [4.78, 5) is 8.99. The summed E-state index contributed by atoms with van der Waals surface area (Å²) >= 11 is 0. The van der Waals surface area contributed by atoms with Gasteiger partial charge in [-0.05, 0) is 52.7 Å². The molecule has 2 heterocycles. The maximum Gasteiger partial charge on any atom is 0.193 e. The molecule has 2 aliphatic heterocycles. The molecule has 2 aliphatic rings. The van der Waals surface area contributed by atoms with Gasteiger partial charge in [-0.1, -0.05) is 12.8 Å². The van der Waals surface area contributed by atoms with Crippen LogP contribution in [0.5, 0.6) is 0 Å². The van der Waals surface area contributed by atoms with Crippen molar-refractivity contribution in [2.75, 3.05) is 52.1 Å². The normalized spacial score (nSPS) is 25.3. The SMILES string of the molecule is CN=C(NCCCN1CCCCCC1)N1CCS(=O)(=O)C(C)(C)C1. The molecule has 0 aliphatic carbocycles. The summed E-state index contributed by atoms with van der Waals surface area (Å²) in [5.41, 5.74) is 0. The van der Waals surface area contributed by atoms with Crippen molar-refractivity contribution >= 4 is 15.8 Å². The Morgan fingerprint density at radius 2 is 1.79 bits per heavy atom. The van der Waals surface area contributed by atoms with E-state index in [2.05, 4.69) is 20.1 Å². The average Bonchev–Trinajstić information content (AvgIpc) is 2.79. The first-order valence-corrected chi connectivity index (χ1v) is 10.9. The van der Waals surface area contributed by atoms with Crippen LogP contribution in [0.1, 0.15) is 46.0 Å². The zero-order valence-electron chi connectivity index (χ0n) is 15.6. The molecule has 2 fully saturated rings. The van der Waals surface area contributed by atoms with E-state index >= 15 is 0 Å². The van der Waals surface area contributed by atoms with E-state index in [0.29, 0.717) is 13.1 Å². The predicted octanol–water partition coefficient (Wildman–Crippen LogP) is 1.34. The van der Waals surface area contributed by atoms with Gasteiger partial charge in [-0.3, -0.25) is 4.99 Å². The molecule has 140 valence electrons. The molecule has 0 amide bonds. The zero-order chi connectivity index (χ0) is 17.6. The van der Waals surface area contributed by atoms with Gasteiger partial charge in [0.05, 0.1) is 10.5 Å². The number of sulfone groups is 1. The molecule has 0 unspecified atom stereocenters. The number of hydrogen-bond donors (Lipinski definition) is 1. The van der Waals surface area contributed by atoms with Gasteiger partial charge in [-0.15, -0.1) is 0 Å². The van der Waals surface area contributed by atoms with Crippen molar-refractivity contribution in [1.82, 2.24) is 15.1 Å². The number of nitrogens with one attached hydrogen (secondary N) is 1. The van der Waals surface area contributed by atoms with Crippen LogP contribution in [0.4, 0.5) is 0 Å². The van der Waals surface area contributed by atoms with E-state index < -0.39 is 14.6 Å². The molecule has 0 aromatic carbocycles. The van der Waals surface area contributed by atoms with E-state index in [9.17, 15) is 8.42 Å². The molecule has 0 saturated carbocycles. The minimum atomic E-state index is -3.01. The van der Waals surface area contributed by atoms with Gasteiger partial charge >= 0.3 is 0 Å². The third kappa shape index (κ3) is 5.09. The molecule has 0 spiro atoms. The maximum atomic E-state index is 12.1. The third-order valence-electron chi connectivity index (χ3n) is 5.19. The van der Waals surface area contributed by atoms with Gasteiger partial charge in [0.15, 0.2) is 15.8 Å². The minimum Gasteiger partial charge on any atom is -0.356 e. The second-order valence-corrected chi connectivity index (χ2v) is 10.3. The minimum absolute atomic E-state index is 0.203. The lowest BCUT2D eigenvalue weighted by atomic mass is 10.2. The van der Waals surface area contributed by atoms with Gasteiger partial charge in [-0.25, -0.2) is 8.42 Å². The summed E-state index contributed by atoms with van der Waals surface area (Å²) < 4.78 is 23.5. The molecule has 6 nitrogen and oxygen atoms in total. The van der Waals surface area contributed by atoms with Gasteiger partial charge in [-0.2, -0.15) is 0 Å². The summed E-state index contributed by atoms with van der Waals surface area (Å²) in [6, 6.07) is 0. The highest BCUT2D eigenvalue weighted by Crippen LogP contribution is 2.23. The number of nitrogens with zero attached hydrogens (tertiary/aromatic N) is 3. The quantitative estimate of drug-likeness (QED) is 0.467. The Balaban J connectivity index is 1.76. The lowest BCUT2D eigenvalue weighted by Crippen LogP contribution is -2.57. The molecule has 0 aromatic rings. The Hall–Kier alpha value is -0.820. The molecule has 2 rings (SSSR count). The Kier molecular flexibility index (Phi) is 6.92. The van der Waals surface area contributed by atoms with Crippen LogP contribution in [0.25, 0.3) is 0 Å². The largest absolute Gasteiger partial charge is 0.356 e. The van der Waals surface area contributed by atoms with Gasteiger partial charge in [0.25, 0.3) is 0 Å². The van der Waals surface area contributed by atoms with Crippen molar-refractivity contribution in [3.8, 4) is 0 Å². The fourth-order valence-electron chi connectivity index (χ4n) is 3.52. The smallest absolute Gasteiger partial charge is 0.193 e. The molecule has 24 heavy (non-hydrogen) atoms. The first-order chi connectivity index (χ1) is 11.4. The van der Waals surface area contributed by atoms with Crippen LogP contribution in [0.3, 0.4) is 0 Å². The van der Waals surface area contributed by atoms with Crippen molar-refractivity contribution in [1.29, 1.82) is 0 Å². The third-order valence-corrected chi connectivity index (χ3v) is 7.72. The lowest BCUT2D eigenvalue weighted by Gasteiger charge is -2.39. The van der Waals surface area contributed by atoms with Crippen molar-refractivity contribution in [2.24, 2.45) is 4.99 Å². The van der Waals surface area contributed by atoms with Crippen molar-refractivity contribution < 1.29 is 8.42 Å². The molecule has 0 radical (unpaired) electrons. The first kappa shape index (κ1) is 19.5. The molecular weight excluding hydrogens is 324 g/mol. The Labute approximate surface area is 147 Å². The number of likely N-dealkylation sites (tertiary alicyclic amines) is 1. The lowest BCUT2D eigenvalue weighted by molar-refractivity contribution is 0.281. The monoisotopic (exact) mass is 358 g/mol. The standard InChI is InChI=1S/C17H34N4O2S/c1-17(2)15-21(13-14-24(17,22)23)16(18-3)19-9-8-12-20-10-6-4-5-7-11-20/h4-15H2,1-3H3,(H,18,19). The fraction of sp³-hybridized carbons (Fsp3) is 0.941. The van der Waals surface area contributed by atoms with E-state index in [1.807, 2.05) is 0 Å². The van der Waals surface area contributed by atoms with Crippen LogP contribution in [0.15, 0.2) is 4.99 Å². The summed E-state index contributed by atoms with van der Waals surface area (Å²) in [5, 5.41) is 3.41. The fourth-order valence-corrected chi connectivity index (χ4v) is 4.89. The van der Waals surface area contributed by atoms with Gasteiger partial charge < -0.3 is 15.1 Å². The van der Waals surface area contributed by atoms with Crippen LogP contribution in [0.2, 0.25) is 0 Å². The number of guanidine groups is 1. The molecule has 0 aromatic heterocycles. The highest BCUT2D eigenvalue weighted by molar-refractivity contribution is 7.92. The van der Waals surface area contributed by atoms with Crippen LogP contribution in [-0.4, -0.2) is 81.0 Å². The molecule has 1 N–H and O–H groups in total. The summed E-state index contributed by atoms with van der Waals surface area (Å²) in [7, 11) is -1.24. The summed E-state index contributed by atoms with van der Waals surface area (Å²) in [6.07, 6.45) is 6.48. The Bertz CT molecular complexity index is 523. The molecule has 2 saturated heterocycles. The highest BCUT2D eigenvalue weighted by atomic mass is 32.2. The average molecular weight is 359 g/mol. The summed E-state index contributed by atoms with van der Waals surface area (Å²) in [5.74, 6) is 1.03. The second kappa shape index (κ2) is 8.52. The number of rotatable bonds is 4. The van der Waals surface area contributed by atoms with E-state index in [1.165, 1.54) is 38.8 Å². The summed E-state index contributed by atoms with van der Waals surface area (Å²) in [6.45, 7) is 9.11. The topological polar surface area (TPSA) is 65.0 Å². The van der Waals surface area contributed by atoms with Crippen LogP contribution >= 0.6 is 0 Å². The van der Waals surface area contributed by atoms with Crippen molar-refractivity contribution in [3.63, 3.8) is 0 Å². The van der Waals surface area contributed by atoms with E-state index in [0.717, 1.165) is 25.5 Å². The van der Waals surface area contributed by atoms with Crippen LogP contribution in [-0.2, 0) is 9.84 Å². The Morgan fingerprint density at radius 1 is 1.12 bits per heavy atom.